The molecule has 140 valence electrons. The van der Waals surface area contributed by atoms with E-state index in [-0.39, 0.29) is 18.0 Å². The molecule has 3 amide bonds. The number of esters is 1. The number of hydrogen-bond donors (Lipinski definition) is 1. The minimum absolute atomic E-state index is 0.0126. The van der Waals surface area contributed by atoms with Crippen LogP contribution in [0.2, 0.25) is 0 Å². The van der Waals surface area contributed by atoms with Crippen LogP contribution < -0.4 is 5.32 Å². The Hall–Kier alpha value is -2.61. The standard InChI is InChI=1S/C18H23N3O5/c1-25-17(23)13-5-2-3-6-14(13)19-18(24)21-10-8-20(9-11-21)16(22)15-7-4-12-26-15/h2-3,5-6,15H,4,7-12H2,1H3,(H,19,24)/t15-/m1/s1. The van der Waals surface area contributed by atoms with Crippen molar-refractivity contribution in [3.05, 3.63) is 29.8 Å². The smallest absolute Gasteiger partial charge is 0.339 e. The van der Waals surface area contributed by atoms with Crippen molar-refractivity contribution in [2.24, 2.45) is 0 Å². The van der Waals surface area contributed by atoms with Gasteiger partial charge in [0, 0.05) is 32.8 Å². The number of nitrogens with one attached hydrogen (secondary N) is 1. The van der Waals surface area contributed by atoms with Crippen molar-refractivity contribution >= 4 is 23.6 Å². The minimum Gasteiger partial charge on any atom is -0.465 e. The van der Waals surface area contributed by atoms with Crippen molar-refractivity contribution in [1.82, 2.24) is 9.80 Å². The summed E-state index contributed by atoms with van der Waals surface area (Å²) in [7, 11) is 1.30. The molecule has 0 saturated carbocycles. The van der Waals surface area contributed by atoms with Crippen LogP contribution in [0, 0.1) is 0 Å². The summed E-state index contributed by atoms with van der Waals surface area (Å²) in [5, 5.41) is 2.75. The van der Waals surface area contributed by atoms with E-state index in [4.69, 9.17) is 9.47 Å². The highest BCUT2D eigenvalue weighted by molar-refractivity contribution is 6.00. The minimum atomic E-state index is -0.507. The molecule has 2 saturated heterocycles. The molecule has 1 atom stereocenters. The zero-order valence-corrected chi connectivity index (χ0v) is 14.8. The highest BCUT2D eigenvalue weighted by Crippen LogP contribution is 2.18. The number of methoxy groups -OCH3 is 1. The number of hydrogen-bond acceptors (Lipinski definition) is 5. The van der Waals surface area contributed by atoms with Gasteiger partial charge < -0.3 is 24.6 Å². The van der Waals surface area contributed by atoms with Crippen molar-refractivity contribution in [2.75, 3.05) is 45.2 Å². The first-order chi connectivity index (χ1) is 12.6. The predicted octanol–water partition coefficient (Wildman–Crippen LogP) is 1.33. The molecule has 0 radical (unpaired) electrons. The molecule has 2 aliphatic heterocycles. The Morgan fingerprint density at radius 2 is 1.81 bits per heavy atom. The largest absolute Gasteiger partial charge is 0.465 e. The number of para-hydroxylation sites is 1. The van der Waals surface area contributed by atoms with Crippen LogP contribution in [-0.2, 0) is 14.3 Å². The lowest BCUT2D eigenvalue weighted by Gasteiger charge is -2.35. The zero-order chi connectivity index (χ0) is 18.5. The molecule has 1 aromatic rings. The molecule has 8 nitrogen and oxygen atoms in total. The van der Waals surface area contributed by atoms with Gasteiger partial charge in [-0.15, -0.1) is 0 Å². The van der Waals surface area contributed by atoms with Gasteiger partial charge in [0.2, 0.25) is 0 Å². The van der Waals surface area contributed by atoms with Gasteiger partial charge in [-0.2, -0.15) is 0 Å². The number of carbonyl (C=O) groups excluding carboxylic acids is 3. The third kappa shape index (κ3) is 3.96. The van der Waals surface area contributed by atoms with Gasteiger partial charge in [-0.1, -0.05) is 12.1 Å². The number of piperazine rings is 1. The van der Waals surface area contributed by atoms with Gasteiger partial charge in [0.25, 0.3) is 5.91 Å². The molecular formula is C18H23N3O5. The first kappa shape index (κ1) is 18.2. The molecule has 1 aromatic carbocycles. The molecule has 26 heavy (non-hydrogen) atoms. The fraction of sp³-hybridized carbons (Fsp3) is 0.500. The van der Waals surface area contributed by atoms with Crippen LogP contribution in [-0.4, -0.2) is 73.7 Å². The average molecular weight is 361 g/mol. The summed E-state index contributed by atoms with van der Waals surface area (Å²) in [6.45, 7) is 2.46. The van der Waals surface area contributed by atoms with Crippen LogP contribution >= 0.6 is 0 Å². The second-order valence-electron chi connectivity index (χ2n) is 6.28. The number of rotatable bonds is 3. The zero-order valence-electron chi connectivity index (χ0n) is 14.8. The maximum absolute atomic E-state index is 12.5. The van der Waals surface area contributed by atoms with E-state index in [2.05, 4.69) is 5.32 Å². The number of anilines is 1. The highest BCUT2D eigenvalue weighted by Gasteiger charge is 2.31. The van der Waals surface area contributed by atoms with E-state index in [9.17, 15) is 14.4 Å². The molecule has 3 rings (SSSR count). The SMILES string of the molecule is COC(=O)c1ccccc1NC(=O)N1CCN(C(=O)[C@H]2CCCO2)CC1. The summed E-state index contributed by atoms with van der Waals surface area (Å²) in [6, 6.07) is 6.39. The van der Waals surface area contributed by atoms with E-state index in [1.165, 1.54) is 7.11 Å². The van der Waals surface area contributed by atoms with Crippen LogP contribution in [0.25, 0.3) is 0 Å². The lowest BCUT2D eigenvalue weighted by Crippen LogP contribution is -2.53. The van der Waals surface area contributed by atoms with Crippen molar-refractivity contribution in [3.8, 4) is 0 Å². The summed E-state index contributed by atoms with van der Waals surface area (Å²) < 4.78 is 10.2. The Morgan fingerprint density at radius 1 is 1.12 bits per heavy atom. The molecule has 1 N–H and O–H groups in total. The normalized spacial score (nSPS) is 20.0. The van der Waals surface area contributed by atoms with Gasteiger partial charge in [-0.25, -0.2) is 9.59 Å². The third-order valence-electron chi connectivity index (χ3n) is 4.66. The van der Waals surface area contributed by atoms with Gasteiger partial charge in [0.05, 0.1) is 18.4 Å². The summed E-state index contributed by atoms with van der Waals surface area (Å²) in [5.74, 6) is -0.494. The van der Waals surface area contributed by atoms with Crippen molar-refractivity contribution in [3.63, 3.8) is 0 Å². The van der Waals surface area contributed by atoms with Gasteiger partial charge >= 0.3 is 12.0 Å². The second-order valence-corrected chi connectivity index (χ2v) is 6.28. The van der Waals surface area contributed by atoms with E-state index in [1.54, 1.807) is 34.1 Å². The number of ether oxygens (including phenoxy) is 2. The van der Waals surface area contributed by atoms with Crippen molar-refractivity contribution in [1.29, 1.82) is 0 Å². The molecule has 8 heteroatoms. The first-order valence-electron chi connectivity index (χ1n) is 8.74. The fourth-order valence-corrected chi connectivity index (χ4v) is 3.18. The van der Waals surface area contributed by atoms with Crippen LogP contribution in [0.3, 0.4) is 0 Å². The van der Waals surface area contributed by atoms with E-state index < -0.39 is 5.97 Å². The molecule has 2 aliphatic rings. The molecule has 0 unspecified atom stereocenters. The first-order valence-corrected chi connectivity index (χ1v) is 8.74. The monoisotopic (exact) mass is 361 g/mol. The molecular weight excluding hydrogens is 338 g/mol. The lowest BCUT2D eigenvalue weighted by molar-refractivity contribution is -0.142. The Kier molecular flexibility index (Phi) is 5.72. The van der Waals surface area contributed by atoms with E-state index in [0.29, 0.717) is 44.0 Å². The number of benzene rings is 1. The quantitative estimate of drug-likeness (QED) is 0.821. The van der Waals surface area contributed by atoms with E-state index >= 15 is 0 Å². The molecule has 2 heterocycles. The molecule has 0 spiro atoms. The van der Waals surface area contributed by atoms with Crippen LogP contribution in [0.1, 0.15) is 23.2 Å². The summed E-state index contributed by atoms with van der Waals surface area (Å²) in [4.78, 5) is 40.0. The Bertz CT molecular complexity index is 679. The number of carbonyl (C=O) groups is 3. The van der Waals surface area contributed by atoms with E-state index in [0.717, 1.165) is 12.8 Å². The van der Waals surface area contributed by atoms with Crippen molar-refractivity contribution in [2.45, 2.75) is 18.9 Å². The molecule has 0 aliphatic carbocycles. The maximum Gasteiger partial charge on any atom is 0.339 e. The highest BCUT2D eigenvalue weighted by atomic mass is 16.5. The number of nitrogens with zero attached hydrogens (tertiary/aromatic N) is 2. The van der Waals surface area contributed by atoms with Crippen LogP contribution in [0.4, 0.5) is 10.5 Å². The van der Waals surface area contributed by atoms with Gasteiger partial charge in [-0.3, -0.25) is 4.79 Å². The van der Waals surface area contributed by atoms with Crippen LogP contribution in [0.5, 0.6) is 0 Å². The summed E-state index contributed by atoms with van der Waals surface area (Å²) in [5.41, 5.74) is 0.706. The summed E-state index contributed by atoms with van der Waals surface area (Å²) >= 11 is 0. The Morgan fingerprint density at radius 3 is 2.46 bits per heavy atom. The molecule has 0 aromatic heterocycles. The Balaban J connectivity index is 1.56. The second kappa shape index (κ2) is 8.18. The number of urea groups is 1. The van der Waals surface area contributed by atoms with Gasteiger partial charge in [0.1, 0.15) is 6.10 Å². The maximum atomic E-state index is 12.5. The van der Waals surface area contributed by atoms with Gasteiger partial charge in [-0.05, 0) is 25.0 Å². The predicted molar refractivity (Wildman–Crippen MR) is 93.9 cm³/mol. The fourth-order valence-electron chi connectivity index (χ4n) is 3.18. The van der Waals surface area contributed by atoms with E-state index in [1.807, 2.05) is 0 Å². The molecule has 0 bridgehead atoms. The summed E-state index contributed by atoms with van der Waals surface area (Å²) in [6.07, 6.45) is 1.35. The third-order valence-corrected chi connectivity index (χ3v) is 4.66. The van der Waals surface area contributed by atoms with Crippen molar-refractivity contribution < 1.29 is 23.9 Å². The van der Waals surface area contributed by atoms with Crippen LogP contribution in [0.15, 0.2) is 24.3 Å². The average Bonchev–Trinajstić information content (AvgIpc) is 3.22. The topological polar surface area (TPSA) is 88.2 Å². The number of amides is 3. The molecule has 2 fully saturated rings. The lowest BCUT2D eigenvalue weighted by atomic mass is 10.2. The Labute approximate surface area is 152 Å². The van der Waals surface area contributed by atoms with Gasteiger partial charge in [0.15, 0.2) is 0 Å².